The van der Waals surface area contributed by atoms with Crippen LogP contribution in [0.5, 0.6) is 0 Å². The Morgan fingerprint density at radius 2 is 1.92 bits per heavy atom. The van der Waals surface area contributed by atoms with E-state index in [-0.39, 0.29) is 5.56 Å². The van der Waals surface area contributed by atoms with E-state index in [1.54, 1.807) is 6.07 Å². The summed E-state index contributed by atoms with van der Waals surface area (Å²) in [5, 5.41) is 0.846. The number of aromatic nitrogens is 1. The molecule has 5 heteroatoms. The van der Waals surface area contributed by atoms with Crippen molar-refractivity contribution < 1.29 is 0 Å². The lowest BCUT2D eigenvalue weighted by Gasteiger charge is -2.21. The first kappa shape index (κ1) is 17.5. The van der Waals surface area contributed by atoms with Crippen molar-refractivity contribution in [3.05, 3.63) is 65.0 Å². The minimum absolute atomic E-state index is 0.134. The number of benzene rings is 1. The summed E-state index contributed by atoms with van der Waals surface area (Å²) in [7, 11) is 0. The predicted molar refractivity (Wildman–Crippen MR) is 109 cm³/mol. The second kappa shape index (κ2) is 7.73. The van der Waals surface area contributed by atoms with Crippen LogP contribution in [0.4, 0.5) is 0 Å². The molecule has 0 aliphatic carbocycles. The average Bonchev–Trinajstić information content (AvgIpc) is 2.64. The number of hydrogen-bond acceptors (Lipinski definition) is 3. The highest BCUT2D eigenvalue weighted by Crippen LogP contribution is 2.34. The van der Waals surface area contributed by atoms with Gasteiger partial charge >= 0.3 is 0 Å². The summed E-state index contributed by atoms with van der Waals surface area (Å²) in [6, 6.07) is 19.6. The van der Waals surface area contributed by atoms with Crippen LogP contribution >= 0.6 is 24.0 Å². The van der Waals surface area contributed by atoms with Crippen molar-refractivity contribution in [1.82, 2.24) is 9.88 Å². The first-order valence-corrected chi connectivity index (χ1v) is 9.38. The van der Waals surface area contributed by atoms with Crippen molar-refractivity contribution in [3.63, 3.8) is 0 Å². The fraction of sp³-hybridized carbons (Fsp3) is 0.200. The molecule has 0 amide bonds. The molecular weight excluding hydrogens is 348 g/mol. The largest absolute Gasteiger partial charge is 0.358 e. The van der Waals surface area contributed by atoms with Crippen molar-refractivity contribution in [1.29, 1.82) is 0 Å². The third-order valence-corrected chi connectivity index (χ3v) is 5.54. The first-order valence-electron chi connectivity index (χ1n) is 8.16. The topological polar surface area (TPSA) is 36.1 Å². The molecule has 0 unspecified atom stereocenters. The minimum Gasteiger partial charge on any atom is -0.358 e. The van der Waals surface area contributed by atoms with Crippen molar-refractivity contribution in [2.45, 2.75) is 18.7 Å². The number of H-pyrrole nitrogens is 1. The number of pyridine rings is 1. The number of hydrogen-bond donors (Lipinski definition) is 1. The maximum atomic E-state index is 12.8. The molecule has 0 saturated heterocycles. The lowest BCUT2D eigenvalue weighted by atomic mass is 10.0. The number of thioether (sulfide) groups is 1. The zero-order chi connectivity index (χ0) is 17.8. The smallest absolute Gasteiger partial charge is 0.263 e. The van der Waals surface area contributed by atoms with Gasteiger partial charge in [-0.2, -0.15) is 0 Å². The molecule has 2 aromatic carbocycles. The van der Waals surface area contributed by atoms with E-state index in [4.69, 9.17) is 12.2 Å². The summed E-state index contributed by atoms with van der Waals surface area (Å²) < 4.78 is 0.701. The molecule has 0 radical (unpaired) electrons. The second-order valence-electron chi connectivity index (χ2n) is 5.46. The maximum absolute atomic E-state index is 12.8. The molecule has 3 rings (SSSR count). The van der Waals surface area contributed by atoms with Crippen molar-refractivity contribution in [2.75, 3.05) is 13.1 Å². The summed E-state index contributed by atoms with van der Waals surface area (Å²) in [6.45, 7) is 5.74. The van der Waals surface area contributed by atoms with Gasteiger partial charge in [0, 0.05) is 18.7 Å². The van der Waals surface area contributed by atoms with E-state index >= 15 is 0 Å². The lowest BCUT2D eigenvalue weighted by Crippen LogP contribution is -2.27. The van der Waals surface area contributed by atoms with Crippen LogP contribution in [0.1, 0.15) is 13.8 Å². The number of fused-ring (bicyclic) bond motifs is 1. The molecule has 3 aromatic rings. The minimum atomic E-state index is -0.134. The van der Waals surface area contributed by atoms with Crippen molar-refractivity contribution in [2.24, 2.45) is 0 Å². The van der Waals surface area contributed by atoms with Gasteiger partial charge in [0.25, 0.3) is 5.56 Å². The van der Waals surface area contributed by atoms with Gasteiger partial charge in [-0.1, -0.05) is 66.4 Å². The molecule has 1 aromatic heterocycles. The third-order valence-electron chi connectivity index (χ3n) is 4.00. The van der Waals surface area contributed by atoms with E-state index in [1.807, 2.05) is 36.4 Å². The number of rotatable bonds is 4. The lowest BCUT2D eigenvalue weighted by molar-refractivity contribution is 0.482. The Labute approximate surface area is 157 Å². The molecule has 126 valence electrons. The van der Waals surface area contributed by atoms with E-state index in [0.717, 1.165) is 35.1 Å². The summed E-state index contributed by atoms with van der Waals surface area (Å²) in [5.41, 5.74) is 2.45. The molecule has 25 heavy (non-hydrogen) atoms. The van der Waals surface area contributed by atoms with Crippen LogP contribution in [0, 0.1) is 12.1 Å². The molecule has 0 atom stereocenters. The van der Waals surface area contributed by atoms with Crippen molar-refractivity contribution in [3.8, 4) is 11.1 Å². The molecule has 0 spiro atoms. The highest BCUT2D eigenvalue weighted by atomic mass is 32.2. The van der Waals surface area contributed by atoms with Gasteiger partial charge in [-0.15, -0.1) is 0 Å². The quantitative estimate of drug-likeness (QED) is 0.544. The normalized spacial score (nSPS) is 10.5. The summed E-state index contributed by atoms with van der Waals surface area (Å²) in [6.07, 6.45) is 0. The predicted octanol–water partition coefficient (Wildman–Crippen LogP) is 4.51. The second-order valence-corrected chi connectivity index (χ2v) is 7.10. The van der Waals surface area contributed by atoms with E-state index < -0.39 is 0 Å². The fourth-order valence-corrected chi connectivity index (χ4v) is 4.24. The number of aromatic amines is 1. The molecule has 0 aliphatic heterocycles. The fourth-order valence-electron chi connectivity index (χ4n) is 2.71. The van der Waals surface area contributed by atoms with Crippen LogP contribution in [-0.4, -0.2) is 27.3 Å². The zero-order valence-corrected chi connectivity index (χ0v) is 15.8. The number of nitrogens with zero attached hydrogens (tertiary/aromatic N) is 1. The van der Waals surface area contributed by atoms with Gasteiger partial charge in [0.15, 0.2) is 0 Å². The monoisotopic (exact) mass is 366 g/mol. The van der Waals surface area contributed by atoms with Gasteiger partial charge < -0.3 is 9.88 Å². The van der Waals surface area contributed by atoms with Gasteiger partial charge in [0.05, 0.1) is 15.8 Å². The van der Waals surface area contributed by atoms with Gasteiger partial charge in [-0.05, 0) is 31.5 Å². The molecular formula is C20H18N2OS2. The Kier molecular flexibility index (Phi) is 5.42. The Bertz CT molecular complexity index is 947. The Morgan fingerprint density at radius 3 is 2.60 bits per heavy atom. The van der Waals surface area contributed by atoms with E-state index in [2.05, 4.69) is 35.9 Å². The SMILES string of the molecule is CCN(CC)C(=S)Sc1c(-c2ccccc2)c2c#cccc2[nH]c1=O. The molecule has 0 fully saturated rings. The molecule has 0 saturated carbocycles. The van der Waals surface area contributed by atoms with Crippen LogP contribution in [0.2, 0.25) is 0 Å². The maximum Gasteiger partial charge on any atom is 0.263 e. The number of nitrogens with one attached hydrogen (secondary N) is 1. The van der Waals surface area contributed by atoms with Crippen LogP contribution in [0.25, 0.3) is 22.0 Å². The average molecular weight is 367 g/mol. The highest BCUT2D eigenvalue weighted by molar-refractivity contribution is 8.23. The van der Waals surface area contributed by atoms with Crippen LogP contribution < -0.4 is 5.56 Å². The first-order chi connectivity index (χ1) is 12.2. The van der Waals surface area contributed by atoms with Gasteiger partial charge in [0.2, 0.25) is 0 Å². The molecule has 0 bridgehead atoms. The number of thiocarbonyl (C=S) groups is 1. The van der Waals surface area contributed by atoms with Crippen molar-refractivity contribution >= 4 is 39.2 Å². The molecule has 1 N–H and O–H groups in total. The zero-order valence-electron chi connectivity index (χ0n) is 14.1. The molecule has 0 aliphatic rings. The summed E-state index contributed by atoms with van der Waals surface area (Å²) in [4.78, 5) is 18.4. The van der Waals surface area contributed by atoms with Gasteiger partial charge in [0.1, 0.15) is 4.32 Å². The van der Waals surface area contributed by atoms with Crippen LogP contribution in [0.3, 0.4) is 0 Å². The Hall–Kier alpha value is -2.29. The van der Waals surface area contributed by atoms with E-state index in [1.165, 1.54) is 11.8 Å². The van der Waals surface area contributed by atoms with E-state index in [9.17, 15) is 4.79 Å². The Balaban J connectivity index is 2.22. The van der Waals surface area contributed by atoms with E-state index in [0.29, 0.717) is 9.22 Å². The van der Waals surface area contributed by atoms with Gasteiger partial charge in [-0.25, -0.2) is 0 Å². The van der Waals surface area contributed by atoms with Crippen LogP contribution in [0.15, 0.2) is 52.2 Å². The highest BCUT2D eigenvalue weighted by Gasteiger charge is 2.18. The Morgan fingerprint density at radius 1 is 1.20 bits per heavy atom. The molecule has 3 nitrogen and oxygen atoms in total. The summed E-state index contributed by atoms with van der Waals surface area (Å²) >= 11 is 6.91. The van der Waals surface area contributed by atoms with Crippen LogP contribution in [-0.2, 0) is 0 Å². The molecule has 1 heterocycles. The standard InChI is InChI=1S/C20H18N2OS2/c1-3-22(4-2)20(24)25-18-17(14-10-6-5-7-11-14)15-12-8-9-13-16(15)21-19(18)23/h5-7,9-11,13H,3-4H2,1-2H3,(H,21,23). The van der Waals surface area contributed by atoms with Gasteiger partial charge in [-0.3, -0.25) is 4.79 Å². The summed E-state index contributed by atoms with van der Waals surface area (Å²) in [5.74, 6) is 0. The third kappa shape index (κ3) is 3.55.